The predicted octanol–water partition coefficient (Wildman–Crippen LogP) is 4.14. The molecule has 0 atom stereocenters. The number of aromatic amines is 1. The first kappa shape index (κ1) is 13.5. The van der Waals surface area contributed by atoms with Crippen LogP contribution < -0.4 is 0 Å². The highest BCUT2D eigenvalue weighted by molar-refractivity contribution is 5.95. The monoisotopic (exact) mass is 300 g/mol. The number of nitrogens with zero attached hydrogens (tertiary/aromatic N) is 3. The molecule has 0 radical (unpaired) electrons. The molecule has 4 rings (SSSR count). The number of allylic oxidation sites excluding steroid dienone is 1. The minimum Gasteiger partial charge on any atom is -0.345 e. The third-order valence-electron chi connectivity index (χ3n) is 3.83. The van der Waals surface area contributed by atoms with Gasteiger partial charge in [0.25, 0.3) is 0 Å². The largest absolute Gasteiger partial charge is 0.345 e. The highest BCUT2D eigenvalue weighted by atomic mass is 15.0. The van der Waals surface area contributed by atoms with Gasteiger partial charge in [-0.25, -0.2) is 9.97 Å². The SMILES string of the molecule is C(=Cc1cnc[nH]1)Cn1cnc(-c2cccc3ccccc23)c1. The highest BCUT2D eigenvalue weighted by Crippen LogP contribution is 2.27. The van der Waals surface area contributed by atoms with Gasteiger partial charge in [-0.3, -0.25) is 0 Å². The van der Waals surface area contributed by atoms with E-state index in [1.165, 1.54) is 16.3 Å². The lowest BCUT2D eigenvalue weighted by Gasteiger charge is -2.03. The van der Waals surface area contributed by atoms with E-state index >= 15 is 0 Å². The number of aromatic nitrogens is 4. The van der Waals surface area contributed by atoms with Gasteiger partial charge in [0.15, 0.2) is 0 Å². The Bertz CT molecular complexity index is 943. The van der Waals surface area contributed by atoms with E-state index in [0.717, 1.165) is 17.9 Å². The molecule has 0 aliphatic rings. The molecule has 4 heteroatoms. The molecule has 2 aromatic heterocycles. The molecular weight excluding hydrogens is 284 g/mol. The number of nitrogens with one attached hydrogen (secondary N) is 1. The van der Waals surface area contributed by atoms with E-state index in [4.69, 9.17) is 0 Å². The first-order valence-corrected chi connectivity index (χ1v) is 7.55. The summed E-state index contributed by atoms with van der Waals surface area (Å²) in [6, 6.07) is 14.7. The Kier molecular flexibility index (Phi) is 3.48. The van der Waals surface area contributed by atoms with Gasteiger partial charge in [0.1, 0.15) is 0 Å². The maximum absolute atomic E-state index is 4.56. The molecule has 23 heavy (non-hydrogen) atoms. The lowest BCUT2D eigenvalue weighted by atomic mass is 10.0. The zero-order valence-electron chi connectivity index (χ0n) is 12.6. The molecule has 0 aliphatic carbocycles. The fraction of sp³-hybridized carbons (Fsp3) is 0.0526. The maximum Gasteiger partial charge on any atom is 0.0956 e. The van der Waals surface area contributed by atoms with Crippen molar-refractivity contribution in [1.29, 1.82) is 0 Å². The summed E-state index contributed by atoms with van der Waals surface area (Å²) in [5.74, 6) is 0. The molecular formula is C19H16N4. The molecule has 4 nitrogen and oxygen atoms in total. The van der Waals surface area contributed by atoms with Crippen LogP contribution in [0.3, 0.4) is 0 Å². The van der Waals surface area contributed by atoms with Gasteiger partial charge >= 0.3 is 0 Å². The van der Waals surface area contributed by atoms with Crippen molar-refractivity contribution in [2.45, 2.75) is 6.54 Å². The molecule has 0 unspecified atom stereocenters. The first-order valence-electron chi connectivity index (χ1n) is 7.55. The van der Waals surface area contributed by atoms with Crippen molar-refractivity contribution >= 4 is 16.8 Å². The Hall–Kier alpha value is -3.14. The average Bonchev–Trinajstić information content (AvgIpc) is 3.26. The van der Waals surface area contributed by atoms with Gasteiger partial charge < -0.3 is 9.55 Å². The van der Waals surface area contributed by atoms with E-state index in [1.54, 1.807) is 12.5 Å². The van der Waals surface area contributed by atoms with Crippen molar-refractivity contribution in [2.75, 3.05) is 0 Å². The number of hydrogen-bond acceptors (Lipinski definition) is 2. The van der Waals surface area contributed by atoms with Crippen molar-refractivity contribution in [3.05, 3.63) is 79.3 Å². The van der Waals surface area contributed by atoms with Crippen LogP contribution in [0.15, 0.2) is 73.6 Å². The van der Waals surface area contributed by atoms with Crippen molar-refractivity contribution in [3.63, 3.8) is 0 Å². The van der Waals surface area contributed by atoms with Gasteiger partial charge in [0.05, 0.1) is 30.2 Å². The summed E-state index contributed by atoms with van der Waals surface area (Å²) in [6.45, 7) is 0.775. The van der Waals surface area contributed by atoms with Crippen LogP contribution in [0.1, 0.15) is 5.69 Å². The van der Waals surface area contributed by atoms with Crippen LogP contribution in [0.5, 0.6) is 0 Å². The lowest BCUT2D eigenvalue weighted by Crippen LogP contribution is -1.89. The van der Waals surface area contributed by atoms with Crippen LogP contribution in [0, 0.1) is 0 Å². The van der Waals surface area contributed by atoms with Crippen LogP contribution in [0.4, 0.5) is 0 Å². The molecule has 0 fully saturated rings. The summed E-state index contributed by atoms with van der Waals surface area (Å²) < 4.78 is 2.07. The van der Waals surface area contributed by atoms with E-state index in [2.05, 4.69) is 74.3 Å². The van der Waals surface area contributed by atoms with Gasteiger partial charge in [0.2, 0.25) is 0 Å². The van der Waals surface area contributed by atoms with E-state index in [9.17, 15) is 0 Å². The van der Waals surface area contributed by atoms with Gasteiger partial charge in [-0.1, -0.05) is 48.5 Å². The fourth-order valence-corrected chi connectivity index (χ4v) is 2.71. The Labute approximate surface area is 134 Å². The van der Waals surface area contributed by atoms with Crippen LogP contribution in [0.25, 0.3) is 28.1 Å². The van der Waals surface area contributed by atoms with E-state index in [0.29, 0.717) is 0 Å². The summed E-state index contributed by atoms with van der Waals surface area (Å²) in [6.07, 6.45) is 11.5. The summed E-state index contributed by atoms with van der Waals surface area (Å²) in [7, 11) is 0. The number of fused-ring (bicyclic) bond motifs is 1. The van der Waals surface area contributed by atoms with Crippen molar-refractivity contribution in [2.24, 2.45) is 0 Å². The molecule has 0 saturated carbocycles. The molecule has 1 N–H and O–H groups in total. The second-order valence-electron chi connectivity index (χ2n) is 5.39. The molecule has 0 bridgehead atoms. The summed E-state index contributed by atoms with van der Waals surface area (Å²) in [5.41, 5.74) is 3.16. The quantitative estimate of drug-likeness (QED) is 0.615. The first-order chi connectivity index (χ1) is 11.4. The normalized spacial score (nSPS) is 11.5. The van der Waals surface area contributed by atoms with Gasteiger partial charge in [0, 0.05) is 18.3 Å². The van der Waals surface area contributed by atoms with Gasteiger partial charge in [-0.15, -0.1) is 0 Å². The average molecular weight is 300 g/mol. The lowest BCUT2D eigenvalue weighted by molar-refractivity contribution is 0.823. The van der Waals surface area contributed by atoms with E-state index < -0.39 is 0 Å². The van der Waals surface area contributed by atoms with E-state index in [1.807, 2.05) is 12.4 Å². The zero-order valence-corrected chi connectivity index (χ0v) is 12.6. The van der Waals surface area contributed by atoms with Crippen LogP contribution in [0.2, 0.25) is 0 Å². The fourth-order valence-electron chi connectivity index (χ4n) is 2.71. The molecule has 4 aromatic rings. The number of hydrogen-bond donors (Lipinski definition) is 1. The Morgan fingerprint density at radius 1 is 1.09 bits per heavy atom. The number of H-pyrrole nitrogens is 1. The number of rotatable bonds is 4. The van der Waals surface area contributed by atoms with Crippen molar-refractivity contribution < 1.29 is 0 Å². The minimum absolute atomic E-state index is 0.775. The summed E-state index contributed by atoms with van der Waals surface area (Å²) >= 11 is 0. The minimum atomic E-state index is 0.775. The second-order valence-corrected chi connectivity index (χ2v) is 5.39. The van der Waals surface area contributed by atoms with E-state index in [-0.39, 0.29) is 0 Å². The molecule has 2 heterocycles. The standard InChI is InChI=1S/C19H16N4/c1-2-8-17-15(5-1)6-3-9-18(17)19-12-23(14-22-19)10-4-7-16-11-20-13-21-16/h1-9,11-14H,10H2,(H,20,21). The Morgan fingerprint density at radius 3 is 2.91 bits per heavy atom. The molecule has 0 saturated heterocycles. The summed E-state index contributed by atoms with van der Waals surface area (Å²) in [4.78, 5) is 11.6. The van der Waals surface area contributed by atoms with Gasteiger partial charge in [-0.05, 0) is 16.8 Å². The van der Waals surface area contributed by atoms with Crippen LogP contribution in [-0.4, -0.2) is 19.5 Å². The Morgan fingerprint density at radius 2 is 2.00 bits per heavy atom. The van der Waals surface area contributed by atoms with Crippen molar-refractivity contribution in [1.82, 2.24) is 19.5 Å². The summed E-state index contributed by atoms with van der Waals surface area (Å²) in [5, 5.41) is 2.46. The predicted molar refractivity (Wildman–Crippen MR) is 92.8 cm³/mol. The second kappa shape index (κ2) is 5.93. The third-order valence-corrected chi connectivity index (χ3v) is 3.83. The molecule has 0 spiro atoms. The smallest absolute Gasteiger partial charge is 0.0956 e. The Balaban J connectivity index is 1.60. The molecule has 2 aromatic carbocycles. The molecule has 112 valence electrons. The number of benzene rings is 2. The zero-order chi connectivity index (χ0) is 15.5. The molecule has 0 aliphatic heterocycles. The van der Waals surface area contributed by atoms with Gasteiger partial charge in [-0.2, -0.15) is 0 Å². The van der Waals surface area contributed by atoms with Crippen molar-refractivity contribution in [3.8, 4) is 11.3 Å². The van der Waals surface area contributed by atoms with Crippen LogP contribution in [-0.2, 0) is 6.54 Å². The molecule has 0 amide bonds. The maximum atomic E-state index is 4.56. The third kappa shape index (κ3) is 2.79. The highest BCUT2D eigenvalue weighted by Gasteiger charge is 2.05. The van der Waals surface area contributed by atoms with Crippen LogP contribution >= 0.6 is 0 Å². The topological polar surface area (TPSA) is 46.5 Å². The number of imidazole rings is 2.